The van der Waals surface area contributed by atoms with E-state index >= 15 is 0 Å². The number of nitrogens with one attached hydrogen (secondary N) is 2. The Kier molecular flexibility index (Phi) is 7.19. The maximum absolute atomic E-state index is 12.9. The van der Waals surface area contributed by atoms with E-state index in [2.05, 4.69) is 20.2 Å². The lowest BCUT2D eigenvalue weighted by Crippen LogP contribution is -2.30. The van der Waals surface area contributed by atoms with Crippen LogP contribution in [0.2, 0.25) is 0 Å². The Morgan fingerprint density at radius 1 is 1.10 bits per heavy atom. The summed E-state index contributed by atoms with van der Waals surface area (Å²) in [5.74, 6) is -0.100. The number of amides is 1. The van der Waals surface area contributed by atoms with Crippen LogP contribution in [0.3, 0.4) is 0 Å². The van der Waals surface area contributed by atoms with Crippen LogP contribution in [0.4, 0.5) is 9.52 Å². The van der Waals surface area contributed by atoms with Crippen molar-refractivity contribution in [3.8, 4) is 0 Å². The third kappa shape index (κ3) is 6.08. The molecule has 0 spiro atoms. The Morgan fingerprint density at radius 2 is 1.77 bits per heavy atom. The van der Waals surface area contributed by atoms with Crippen molar-refractivity contribution in [2.75, 3.05) is 5.32 Å². The van der Waals surface area contributed by atoms with Gasteiger partial charge in [0.2, 0.25) is 15.2 Å². The van der Waals surface area contributed by atoms with Crippen molar-refractivity contribution < 1.29 is 17.6 Å². The molecule has 11 heteroatoms. The molecule has 2 aromatic carbocycles. The van der Waals surface area contributed by atoms with Crippen molar-refractivity contribution in [3.05, 3.63) is 65.5 Å². The average Bonchev–Trinajstić information content (AvgIpc) is 3.14. The second-order valence-corrected chi connectivity index (χ2v) is 10.5. The molecule has 7 nitrogen and oxygen atoms in total. The molecule has 1 aromatic heterocycles. The molecule has 0 saturated heterocycles. The number of anilines is 1. The largest absolute Gasteiger partial charge is 0.296 e. The highest BCUT2D eigenvalue weighted by atomic mass is 32.2. The normalized spacial score (nSPS) is 11.6. The van der Waals surface area contributed by atoms with Gasteiger partial charge in [-0.2, -0.15) is 0 Å². The summed E-state index contributed by atoms with van der Waals surface area (Å²) in [7, 11) is -3.61. The van der Waals surface area contributed by atoms with Gasteiger partial charge in [0.25, 0.3) is 5.91 Å². The van der Waals surface area contributed by atoms with Gasteiger partial charge in [0, 0.05) is 17.4 Å². The van der Waals surface area contributed by atoms with Crippen LogP contribution in [0.15, 0.2) is 57.8 Å². The van der Waals surface area contributed by atoms with E-state index in [-0.39, 0.29) is 16.8 Å². The van der Waals surface area contributed by atoms with Gasteiger partial charge in [-0.05, 0) is 55.8 Å². The molecule has 1 amide bonds. The Balaban J connectivity index is 1.59. The topological polar surface area (TPSA) is 101 Å². The first-order valence-electron chi connectivity index (χ1n) is 8.87. The van der Waals surface area contributed by atoms with Gasteiger partial charge in [-0.25, -0.2) is 17.5 Å². The Bertz CT molecular complexity index is 1110. The highest BCUT2D eigenvalue weighted by Crippen LogP contribution is 2.28. The Labute approximate surface area is 182 Å². The second-order valence-electron chi connectivity index (χ2n) is 6.54. The van der Waals surface area contributed by atoms with E-state index < -0.39 is 15.9 Å². The SMILES string of the molecule is CC(C)NS(=O)(=O)c1ccc(C(=O)Nc2nnc(SCc3ccc(F)cc3)s2)cc1. The molecule has 3 aromatic rings. The van der Waals surface area contributed by atoms with Crippen LogP contribution in [0.25, 0.3) is 0 Å². The van der Waals surface area contributed by atoms with E-state index in [1.807, 2.05) is 0 Å². The molecule has 0 atom stereocenters. The molecule has 3 rings (SSSR count). The number of hydrogen-bond donors (Lipinski definition) is 2. The number of thioether (sulfide) groups is 1. The number of sulfonamides is 1. The van der Waals surface area contributed by atoms with E-state index in [0.29, 0.717) is 20.8 Å². The number of carbonyl (C=O) groups excluding carboxylic acids is 1. The molecular formula is C19H19FN4O3S3. The maximum Gasteiger partial charge on any atom is 0.257 e. The molecule has 0 unspecified atom stereocenters. The molecule has 0 bridgehead atoms. The first-order chi connectivity index (χ1) is 14.2. The number of hydrogen-bond acceptors (Lipinski definition) is 7. The zero-order valence-corrected chi connectivity index (χ0v) is 18.6. The molecule has 0 fully saturated rings. The van der Waals surface area contributed by atoms with E-state index in [1.165, 1.54) is 59.5 Å². The van der Waals surface area contributed by atoms with E-state index in [9.17, 15) is 17.6 Å². The zero-order chi connectivity index (χ0) is 21.7. The molecule has 30 heavy (non-hydrogen) atoms. The summed E-state index contributed by atoms with van der Waals surface area (Å²) in [4.78, 5) is 12.5. The Hall–Kier alpha value is -2.34. The number of halogens is 1. The lowest BCUT2D eigenvalue weighted by atomic mass is 10.2. The average molecular weight is 467 g/mol. The summed E-state index contributed by atoms with van der Waals surface area (Å²) in [5, 5.41) is 11.0. The number of nitrogens with zero attached hydrogens (tertiary/aromatic N) is 2. The van der Waals surface area contributed by atoms with E-state index in [0.717, 1.165) is 5.56 Å². The van der Waals surface area contributed by atoms with Gasteiger partial charge in [-0.1, -0.05) is 35.2 Å². The Morgan fingerprint density at radius 3 is 2.40 bits per heavy atom. The predicted molar refractivity (Wildman–Crippen MR) is 116 cm³/mol. The minimum Gasteiger partial charge on any atom is -0.296 e. The van der Waals surface area contributed by atoms with Crippen LogP contribution in [-0.4, -0.2) is 30.6 Å². The standard InChI is InChI=1S/C19H19FN4O3S3/c1-12(2)24-30(26,27)16-9-5-14(6-10-16)17(25)21-18-22-23-19(29-18)28-11-13-3-7-15(20)8-4-13/h3-10,12,24H,11H2,1-2H3,(H,21,22,25). The van der Waals surface area contributed by atoms with Gasteiger partial charge in [-0.3, -0.25) is 10.1 Å². The van der Waals surface area contributed by atoms with Crippen LogP contribution >= 0.6 is 23.1 Å². The van der Waals surface area contributed by atoms with Crippen molar-refractivity contribution in [3.63, 3.8) is 0 Å². The quantitative estimate of drug-likeness (QED) is 0.386. The lowest BCUT2D eigenvalue weighted by molar-refractivity contribution is 0.102. The summed E-state index contributed by atoms with van der Waals surface area (Å²) in [5.41, 5.74) is 1.25. The third-order valence-corrected chi connectivity index (χ3v) is 7.44. The fourth-order valence-corrected chi connectivity index (χ4v) is 5.33. The highest BCUT2D eigenvalue weighted by Gasteiger charge is 2.17. The van der Waals surface area contributed by atoms with Gasteiger partial charge >= 0.3 is 0 Å². The molecule has 2 N–H and O–H groups in total. The number of carbonyl (C=O) groups is 1. The summed E-state index contributed by atoms with van der Waals surface area (Å²) in [6.07, 6.45) is 0. The number of aromatic nitrogens is 2. The maximum atomic E-state index is 12.9. The minimum absolute atomic E-state index is 0.0862. The molecule has 0 saturated carbocycles. The van der Waals surface area contributed by atoms with Crippen LogP contribution < -0.4 is 10.0 Å². The summed E-state index contributed by atoms with van der Waals surface area (Å²) < 4.78 is 40.4. The van der Waals surface area contributed by atoms with Crippen LogP contribution in [0.5, 0.6) is 0 Å². The summed E-state index contributed by atoms with van der Waals surface area (Å²) in [6.45, 7) is 3.46. The third-order valence-electron chi connectivity index (χ3n) is 3.72. The molecule has 158 valence electrons. The monoisotopic (exact) mass is 466 g/mol. The minimum atomic E-state index is -3.61. The van der Waals surface area contributed by atoms with Crippen molar-refractivity contribution in [1.82, 2.24) is 14.9 Å². The van der Waals surface area contributed by atoms with Crippen molar-refractivity contribution in [2.45, 2.75) is 34.9 Å². The highest BCUT2D eigenvalue weighted by molar-refractivity contribution is 8.00. The van der Waals surface area contributed by atoms with E-state index in [1.54, 1.807) is 26.0 Å². The molecule has 0 aliphatic heterocycles. The fourth-order valence-electron chi connectivity index (χ4n) is 2.38. The summed E-state index contributed by atoms with van der Waals surface area (Å²) >= 11 is 2.65. The number of benzene rings is 2. The molecule has 0 aliphatic rings. The summed E-state index contributed by atoms with van der Waals surface area (Å²) in [6, 6.07) is 11.6. The van der Waals surface area contributed by atoms with Crippen LogP contribution in [0, 0.1) is 5.82 Å². The first-order valence-corrected chi connectivity index (χ1v) is 12.2. The van der Waals surface area contributed by atoms with Gasteiger partial charge in [0.15, 0.2) is 4.34 Å². The van der Waals surface area contributed by atoms with Crippen LogP contribution in [-0.2, 0) is 15.8 Å². The smallest absolute Gasteiger partial charge is 0.257 e. The van der Waals surface area contributed by atoms with Gasteiger partial charge in [0.05, 0.1) is 4.90 Å². The first kappa shape index (κ1) is 22.3. The van der Waals surface area contributed by atoms with E-state index in [4.69, 9.17) is 0 Å². The van der Waals surface area contributed by atoms with Gasteiger partial charge in [-0.15, -0.1) is 10.2 Å². The van der Waals surface area contributed by atoms with Crippen LogP contribution in [0.1, 0.15) is 29.8 Å². The molecule has 0 aliphatic carbocycles. The molecule has 0 radical (unpaired) electrons. The van der Waals surface area contributed by atoms with Crippen molar-refractivity contribution in [2.24, 2.45) is 0 Å². The lowest BCUT2D eigenvalue weighted by Gasteiger charge is -2.09. The molecular weight excluding hydrogens is 447 g/mol. The number of rotatable bonds is 8. The van der Waals surface area contributed by atoms with Gasteiger partial charge < -0.3 is 0 Å². The predicted octanol–water partition coefficient (Wildman–Crippen LogP) is 3.91. The van der Waals surface area contributed by atoms with Gasteiger partial charge in [0.1, 0.15) is 5.82 Å². The fraction of sp³-hybridized carbons (Fsp3) is 0.211. The van der Waals surface area contributed by atoms with Crippen molar-refractivity contribution >= 4 is 44.2 Å². The van der Waals surface area contributed by atoms with Crippen molar-refractivity contribution in [1.29, 1.82) is 0 Å². The molecule has 1 heterocycles. The second kappa shape index (κ2) is 9.65. The zero-order valence-electron chi connectivity index (χ0n) is 16.1.